The molecule has 0 aliphatic carbocycles. The van der Waals surface area contributed by atoms with Crippen LogP contribution < -0.4 is 10.6 Å². The Kier molecular flexibility index (Phi) is 4.45. The van der Waals surface area contributed by atoms with E-state index in [4.69, 9.17) is 17.3 Å². The molecule has 0 saturated carbocycles. The topological polar surface area (TPSA) is 29.3 Å². The lowest BCUT2D eigenvalue weighted by Gasteiger charge is -2.29. The van der Waals surface area contributed by atoms with Gasteiger partial charge in [-0.05, 0) is 30.0 Å². The Bertz CT molecular complexity index is 380. The van der Waals surface area contributed by atoms with Crippen LogP contribution >= 0.6 is 11.6 Å². The van der Waals surface area contributed by atoms with Crippen LogP contribution in [0.2, 0.25) is 5.02 Å². The third-order valence-electron chi connectivity index (χ3n) is 2.62. The minimum Gasteiger partial charge on any atom is -0.373 e. The first-order valence-electron chi connectivity index (χ1n) is 5.97. The molecule has 0 unspecified atom stereocenters. The minimum atomic E-state index is 0.0227. The molecule has 1 aromatic rings. The zero-order valence-electron chi connectivity index (χ0n) is 11.4. The molecular formula is C14H23ClN2. The van der Waals surface area contributed by atoms with Crippen LogP contribution in [0.15, 0.2) is 18.2 Å². The molecule has 0 amide bonds. The predicted molar refractivity (Wildman–Crippen MR) is 76.8 cm³/mol. The molecule has 0 aliphatic heterocycles. The summed E-state index contributed by atoms with van der Waals surface area (Å²) in [6, 6.07) is 6.08. The molecule has 0 saturated heterocycles. The molecule has 0 heterocycles. The van der Waals surface area contributed by atoms with E-state index in [-0.39, 0.29) is 11.5 Å². The summed E-state index contributed by atoms with van der Waals surface area (Å²) in [4.78, 5) is 2.19. The summed E-state index contributed by atoms with van der Waals surface area (Å²) in [5.41, 5.74) is 8.22. The second-order valence-corrected chi connectivity index (χ2v) is 6.32. The van der Waals surface area contributed by atoms with E-state index in [0.717, 1.165) is 22.8 Å². The fraction of sp³-hybridized carbons (Fsp3) is 0.571. The Labute approximate surface area is 110 Å². The van der Waals surface area contributed by atoms with Crippen molar-refractivity contribution in [2.24, 2.45) is 11.1 Å². The first-order chi connectivity index (χ1) is 7.70. The average Bonchev–Trinajstić information content (AvgIpc) is 2.14. The van der Waals surface area contributed by atoms with Crippen molar-refractivity contribution in [2.75, 3.05) is 18.5 Å². The Hall–Kier alpha value is -0.730. The second kappa shape index (κ2) is 5.28. The number of nitrogens with two attached hydrogens (primary N) is 1. The van der Waals surface area contributed by atoms with Gasteiger partial charge in [-0.1, -0.05) is 38.4 Å². The summed E-state index contributed by atoms with van der Waals surface area (Å²) in [7, 11) is 2.07. The average molecular weight is 255 g/mol. The van der Waals surface area contributed by atoms with Gasteiger partial charge in [-0.15, -0.1) is 0 Å². The van der Waals surface area contributed by atoms with Crippen molar-refractivity contribution < 1.29 is 0 Å². The highest BCUT2D eigenvalue weighted by atomic mass is 35.5. The first kappa shape index (κ1) is 14.3. The molecule has 3 heteroatoms. The van der Waals surface area contributed by atoms with Crippen molar-refractivity contribution in [3.63, 3.8) is 0 Å². The van der Waals surface area contributed by atoms with Crippen LogP contribution in [0.3, 0.4) is 0 Å². The standard InChI is InChI=1S/C14H23ClN2/c1-10(16)11-6-7-13(12(15)8-11)17(5)9-14(2,3)4/h6-8,10H,9,16H2,1-5H3/t10-/m1/s1. The summed E-state index contributed by atoms with van der Waals surface area (Å²) >= 11 is 6.30. The molecule has 2 nitrogen and oxygen atoms in total. The fourth-order valence-electron chi connectivity index (χ4n) is 1.91. The maximum Gasteiger partial charge on any atom is 0.0642 e. The molecular weight excluding hydrogens is 232 g/mol. The quantitative estimate of drug-likeness (QED) is 0.888. The van der Waals surface area contributed by atoms with Gasteiger partial charge < -0.3 is 10.6 Å². The van der Waals surface area contributed by atoms with Gasteiger partial charge in [0.1, 0.15) is 0 Å². The van der Waals surface area contributed by atoms with E-state index >= 15 is 0 Å². The van der Waals surface area contributed by atoms with Crippen LogP contribution in [0.1, 0.15) is 39.3 Å². The van der Waals surface area contributed by atoms with Gasteiger partial charge in [-0.2, -0.15) is 0 Å². The van der Waals surface area contributed by atoms with E-state index in [2.05, 4.69) is 32.7 Å². The van der Waals surface area contributed by atoms with E-state index in [1.54, 1.807) is 0 Å². The van der Waals surface area contributed by atoms with Crippen LogP contribution in [0.4, 0.5) is 5.69 Å². The lowest BCUT2D eigenvalue weighted by atomic mass is 9.96. The summed E-state index contributed by atoms with van der Waals surface area (Å²) in [6.45, 7) is 9.57. The Morgan fingerprint density at radius 1 is 1.35 bits per heavy atom. The van der Waals surface area contributed by atoms with E-state index in [1.165, 1.54) is 0 Å². The third kappa shape index (κ3) is 4.21. The monoisotopic (exact) mass is 254 g/mol. The number of anilines is 1. The highest BCUT2D eigenvalue weighted by Crippen LogP contribution is 2.29. The zero-order valence-corrected chi connectivity index (χ0v) is 12.2. The van der Waals surface area contributed by atoms with Gasteiger partial charge in [0.2, 0.25) is 0 Å². The highest BCUT2D eigenvalue weighted by molar-refractivity contribution is 6.33. The molecule has 0 spiro atoms. The molecule has 0 aliphatic rings. The van der Waals surface area contributed by atoms with Crippen LogP contribution in [-0.4, -0.2) is 13.6 Å². The minimum absolute atomic E-state index is 0.0227. The van der Waals surface area contributed by atoms with Gasteiger partial charge in [0.15, 0.2) is 0 Å². The molecule has 2 N–H and O–H groups in total. The highest BCUT2D eigenvalue weighted by Gasteiger charge is 2.16. The molecule has 17 heavy (non-hydrogen) atoms. The van der Waals surface area contributed by atoms with Crippen molar-refractivity contribution in [2.45, 2.75) is 33.7 Å². The third-order valence-corrected chi connectivity index (χ3v) is 2.92. The van der Waals surface area contributed by atoms with E-state index in [9.17, 15) is 0 Å². The van der Waals surface area contributed by atoms with Crippen molar-refractivity contribution in [1.29, 1.82) is 0 Å². The number of hydrogen-bond acceptors (Lipinski definition) is 2. The Morgan fingerprint density at radius 3 is 2.35 bits per heavy atom. The largest absolute Gasteiger partial charge is 0.373 e. The van der Waals surface area contributed by atoms with Gasteiger partial charge in [0, 0.05) is 19.6 Å². The van der Waals surface area contributed by atoms with E-state index in [0.29, 0.717) is 0 Å². The van der Waals surface area contributed by atoms with E-state index in [1.807, 2.05) is 25.1 Å². The lowest BCUT2D eigenvalue weighted by Crippen LogP contribution is -2.29. The molecule has 0 aromatic heterocycles. The van der Waals surface area contributed by atoms with Gasteiger partial charge in [0.25, 0.3) is 0 Å². The van der Waals surface area contributed by atoms with Gasteiger partial charge >= 0.3 is 0 Å². The number of halogens is 1. The first-order valence-corrected chi connectivity index (χ1v) is 6.34. The lowest BCUT2D eigenvalue weighted by molar-refractivity contribution is 0.419. The molecule has 0 fully saturated rings. The predicted octanol–water partition coefficient (Wildman–Crippen LogP) is 3.84. The van der Waals surface area contributed by atoms with Crippen molar-refractivity contribution in [3.05, 3.63) is 28.8 Å². The second-order valence-electron chi connectivity index (χ2n) is 5.92. The van der Waals surface area contributed by atoms with Crippen molar-refractivity contribution >= 4 is 17.3 Å². The number of rotatable bonds is 3. The summed E-state index contributed by atoms with van der Waals surface area (Å²) < 4.78 is 0. The normalized spacial score (nSPS) is 13.6. The summed E-state index contributed by atoms with van der Waals surface area (Å²) in [6.07, 6.45) is 0. The Morgan fingerprint density at radius 2 is 1.94 bits per heavy atom. The maximum absolute atomic E-state index is 6.30. The van der Waals surface area contributed by atoms with Crippen LogP contribution in [-0.2, 0) is 0 Å². The van der Waals surface area contributed by atoms with Crippen molar-refractivity contribution in [1.82, 2.24) is 0 Å². The number of benzene rings is 1. The molecule has 0 bridgehead atoms. The van der Waals surface area contributed by atoms with Crippen LogP contribution in [0.5, 0.6) is 0 Å². The van der Waals surface area contributed by atoms with Gasteiger partial charge in [-0.3, -0.25) is 0 Å². The molecule has 1 atom stereocenters. The summed E-state index contributed by atoms with van der Waals surface area (Å²) in [5.74, 6) is 0. The molecule has 1 aromatic carbocycles. The van der Waals surface area contributed by atoms with E-state index < -0.39 is 0 Å². The van der Waals surface area contributed by atoms with Crippen LogP contribution in [0, 0.1) is 5.41 Å². The number of hydrogen-bond donors (Lipinski definition) is 1. The smallest absolute Gasteiger partial charge is 0.0642 e. The molecule has 96 valence electrons. The SMILES string of the molecule is C[C@@H](N)c1ccc(N(C)CC(C)(C)C)c(Cl)c1. The van der Waals surface area contributed by atoms with Gasteiger partial charge in [0.05, 0.1) is 10.7 Å². The summed E-state index contributed by atoms with van der Waals surface area (Å²) in [5, 5.41) is 0.770. The van der Waals surface area contributed by atoms with Gasteiger partial charge in [-0.25, -0.2) is 0 Å². The van der Waals surface area contributed by atoms with Crippen molar-refractivity contribution in [3.8, 4) is 0 Å². The Balaban J connectivity index is 2.92. The van der Waals surface area contributed by atoms with Crippen LogP contribution in [0.25, 0.3) is 0 Å². The fourth-order valence-corrected chi connectivity index (χ4v) is 2.25. The zero-order chi connectivity index (χ0) is 13.2. The number of nitrogens with zero attached hydrogens (tertiary/aromatic N) is 1. The molecule has 1 rings (SSSR count). The molecule has 0 radical (unpaired) electrons. The maximum atomic E-state index is 6.30.